The molecule has 0 fully saturated rings. The number of rotatable bonds is 11. The molecule has 0 heterocycles. The first-order valence-corrected chi connectivity index (χ1v) is 9.73. The Labute approximate surface area is 130 Å². The average Bonchev–Trinajstić information content (AvgIpc) is 2.36. The SMILES string of the molecule is CC/C=N\OC(C)C(C)(C)[C@@H](C)CCNCCS(C)(=O)=O. The lowest BCUT2D eigenvalue weighted by molar-refractivity contribution is -0.0370. The maximum Gasteiger partial charge on any atom is 0.148 e. The lowest BCUT2D eigenvalue weighted by Gasteiger charge is -2.36. The summed E-state index contributed by atoms with van der Waals surface area (Å²) in [6, 6.07) is 0. The maximum absolute atomic E-state index is 11.0. The van der Waals surface area contributed by atoms with E-state index in [-0.39, 0.29) is 17.3 Å². The van der Waals surface area contributed by atoms with Crippen molar-refractivity contribution in [2.24, 2.45) is 16.5 Å². The summed E-state index contributed by atoms with van der Waals surface area (Å²) >= 11 is 0. The fourth-order valence-corrected chi connectivity index (χ4v) is 2.33. The molecule has 0 bridgehead atoms. The second-order valence-corrected chi connectivity index (χ2v) is 8.59. The normalized spacial score (nSPS) is 16.1. The lowest BCUT2D eigenvalue weighted by atomic mass is 9.74. The number of nitrogens with one attached hydrogen (secondary N) is 1. The molecule has 0 aromatic carbocycles. The van der Waals surface area contributed by atoms with Crippen molar-refractivity contribution in [3.8, 4) is 0 Å². The number of sulfone groups is 1. The molecule has 126 valence electrons. The van der Waals surface area contributed by atoms with Gasteiger partial charge in [0.25, 0.3) is 0 Å². The van der Waals surface area contributed by atoms with Crippen molar-refractivity contribution in [1.29, 1.82) is 0 Å². The van der Waals surface area contributed by atoms with Gasteiger partial charge >= 0.3 is 0 Å². The van der Waals surface area contributed by atoms with E-state index in [1.807, 2.05) is 13.8 Å². The highest BCUT2D eigenvalue weighted by molar-refractivity contribution is 7.90. The van der Waals surface area contributed by atoms with Crippen LogP contribution in [0.25, 0.3) is 0 Å². The first-order chi connectivity index (χ1) is 9.61. The van der Waals surface area contributed by atoms with Gasteiger partial charge in [-0.2, -0.15) is 0 Å². The van der Waals surface area contributed by atoms with Gasteiger partial charge in [0.15, 0.2) is 0 Å². The molecule has 0 aromatic heterocycles. The molecule has 1 unspecified atom stereocenters. The molecule has 0 aliphatic heterocycles. The summed E-state index contributed by atoms with van der Waals surface area (Å²) in [6.45, 7) is 11.9. The largest absolute Gasteiger partial charge is 0.393 e. The molecule has 0 aliphatic rings. The van der Waals surface area contributed by atoms with Gasteiger partial charge in [-0.1, -0.05) is 32.9 Å². The Kier molecular flexibility index (Phi) is 9.13. The van der Waals surface area contributed by atoms with Crippen LogP contribution in [0, 0.1) is 11.3 Å². The van der Waals surface area contributed by atoms with Gasteiger partial charge in [-0.05, 0) is 32.2 Å². The third-order valence-corrected chi connectivity index (χ3v) is 5.14. The molecule has 6 heteroatoms. The Morgan fingerprint density at radius 1 is 1.29 bits per heavy atom. The van der Waals surface area contributed by atoms with Crippen molar-refractivity contribution in [3.05, 3.63) is 0 Å². The number of nitrogens with zero attached hydrogens (tertiary/aromatic N) is 1. The predicted octanol–water partition coefficient (Wildman–Crippen LogP) is 2.47. The summed E-state index contributed by atoms with van der Waals surface area (Å²) in [5, 5.41) is 7.15. The first kappa shape index (κ1) is 20.4. The highest BCUT2D eigenvalue weighted by Crippen LogP contribution is 2.34. The fourth-order valence-electron chi connectivity index (χ4n) is 1.82. The van der Waals surface area contributed by atoms with E-state index in [1.165, 1.54) is 6.26 Å². The first-order valence-electron chi connectivity index (χ1n) is 7.67. The van der Waals surface area contributed by atoms with Crippen molar-refractivity contribution in [3.63, 3.8) is 0 Å². The van der Waals surface area contributed by atoms with Crippen molar-refractivity contribution >= 4 is 16.1 Å². The average molecular weight is 320 g/mol. The molecule has 21 heavy (non-hydrogen) atoms. The van der Waals surface area contributed by atoms with E-state index in [9.17, 15) is 8.42 Å². The minimum absolute atomic E-state index is 0.00357. The molecule has 5 nitrogen and oxygen atoms in total. The fraction of sp³-hybridized carbons (Fsp3) is 0.933. The summed E-state index contributed by atoms with van der Waals surface area (Å²) in [7, 11) is -2.88. The van der Waals surface area contributed by atoms with Crippen LogP contribution in [0.2, 0.25) is 0 Å². The topological polar surface area (TPSA) is 67.8 Å². The molecular weight excluding hydrogens is 288 g/mol. The van der Waals surface area contributed by atoms with E-state index in [2.05, 4.69) is 31.2 Å². The summed E-state index contributed by atoms with van der Waals surface area (Å²) in [5.74, 6) is 0.630. The second kappa shape index (κ2) is 9.41. The van der Waals surface area contributed by atoms with Crippen LogP contribution >= 0.6 is 0 Å². The quantitative estimate of drug-likeness (QED) is 0.361. The van der Waals surface area contributed by atoms with E-state index in [0.717, 1.165) is 19.4 Å². The van der Waals surface area contributed by atoms with Crippen LogP contribution in [0.5, 0.6) is 0 Å². The standard InChI is InChI=1S/C15H32N2O3S/c1-7-9-17-20-14(3)15(4,5)13(2)8-10-16-11-12-21(6,18)19/h9,13-14,16H,7-8,10-12H2,1-6H3/b17-9-/t13-,14?/m0/s1. The van der Waals surface area contributed by atoms with Crippen molar-refractivity contribution in [2.45, 2.75) is 53.6 Å². The van der Waals surface area contributed by atoms with Gasteiger partial charge in [0.1, 0.15) is 15.9 Å². The van der Waals surface area contributed by atoms with Crippen LogP contribution in [0.4, 0.5) is 0 Å². The lowest BCUT2D eigenvalue weighted by Crippen LogP contribution is -2.36. The summed E-state index contributed by atoms with van der Waals surface area (Å²) < 4.78 is 22.1. The van der Waals surface area contributed by atoms with Gasteiger partial charge in [-0.25, -0.2) is 8.42 Å². The summed E-state index contributed by atoms with van der Waals surface area (Å²) in [4.78, 5) is 5.51. The molecule has 0 saturated heterocycles. The Morgan fingerprint density at radius 2 is 1.90 bits per heavy atom. The maximum atomic E-state index is 11.0. The Hall–Kier alpha value is -0.620. The Balaban J connectivity index is 4.11. The molecule has 0 amide bonds. The molecular formula is C15H32N2O3S. The van der Waals surface area contributed by atoms with Gasteiger partial charge in [0.05, 0.1) is 5.75 Å². The van der Waals surface area contributed by atoms with Gasteiger partial charge < -0.3 is 10.2 Å². The van der Waals surface area contributed by atoms with Crippen molar-refractivity contribution < 1.29 is 13.3 Å². The van der Waals surface area contributed by atoms with Gasteiger partial charge in [-0.15, -0.1) is 0 Å². The minimum Gasteiger partial charge on any atom is -0.393 e. The van der Waals surface area contributed by atoms with Crippen LogP contribution in [-0.2, 0) is 14.7 Å². The predicted molar refractivity (Wildman–Crippen MR) is 89.5 cm³/mol. The smallest absolute Gasteiger partial charge is 0.148 e. The molecule has 0 rings (SSSR count). The van der Waals surface area contributed by atoms with Crippen LogP contribution in [-0.4, -0.2) is 45.8 Å². The second-order valence-electron chi connectivity index (χ2n) is 6.33. The molecule has 2 atom stereocenters. The minimum atomic E-state index is -2.88. The van der Waals surface area contributed by atoms with Crippen molar-refractivity contribution in [2.75, 3.05) is 25.1 Å². The van der Waals surface area contributed by atoms with E-state index in [0.29, 0.717) is 12.5 Å². The van der Waals surface area contributed by atoms with E-state index in [4.69, 9.17) is 4.84 Å². The third-order valence-electron chi connectivity index (χ3n) is 4.20. The summed E-state index contributed by atoms with van der Waals surface area (Å²) in [6.07, 6.45) is 4.90. The molecule has 0 saturated carbocycles. The number of hydrogen-bond acceptors (Lipinski definition) is 5. The van der Waals surface area contributed by atoms with Crippen LogP contribution in [0.1, 0.15) is 47.5 Å². The van der Waals surface area contributed by atoms with Crippen LogP contribution in [0.15, 0.2) is 5.16 Å². The number of hydrogen-bond donors (Lipinski definition) is 1. The molecule has 0 aromatic rings. The van der Waals surface area contributed by atoms with Gasteiger partial charge in [0.2, 0.25) is 0 Å². The highest BCUT2D eigenvalue weighted by atomic mass is 32.2. The highest BCUT2D eigenvalue weighted by Gasteiger charge is 2.33. The van der Waals surface area contributed by atoms with Gasteiger partial charge in [0, 0.05) is 24.4 Å². The molecule has 0 aliphatic carbocycles. The van der Waals surface area contributed by atoms with E-state index < -0.39 is 9.84 Å². The Bertz CT molecular complexity index is 405. The third kappa shape index (κ3) is 9.09. The van der Waals surface area contributed by atoms with E-state index >= 15 is 0 Å². The zero-order valence-electron chi connectivity index (χ0n) is 14.3. The number of oxime groups is 1. The van der Waals surface area contributed by atoms with Crippen LogP contribution < -0.4 is 5.32 Å². The molecule has 0 spiro atoms. The van der Waals surface area contributed by atoms with E-state index in [1.54, 1.807) is 6.21 Å². The molecule has 1 N–H and O–H groups in total. The summed E-state index contributed by atoms with van der Waals surface area (Å²) in [5.41, 5.74) is 0.00357. The monoisotopic (exact) mass is 320 g/mol. The Morgan fingerprint density at radius 3 is 2.43 bits per heavy atom. The zero-order chi connectivity index (χ0) is 16.5. The van der Waals surface area contributed by atoms with Crippen LogP contribution in [0.3, 0.4) is 0 Å². The molecule has 0 radical (unpaired) electrons. The van der Waals surface area contributed by atoms with Crippen molar-refractivity contribution in [1.82, 2.24) is 5.32 Å². The van der Waals surface area contributed by atoms with Gasteiger partial charge in [-0.3, -0.25) is 0 Å². The zero-order valence-corrected chi connectivity index (χ0v) is 15.2.